The van der Waals surface area contributed by atoms with Crippen molar-refractivity contribution >= 4 is 0 Å². The fourth-order valence-electron chi connectivity index (χ4n) is 1.71. The van der Waals surface area contributed by atoms with Crippen LogP contribution in [0, 0.1) is 0 Å². The van der Waals surface area contributed by atoms with Gasteiger partial charge < -0.3 is 14.6 Å². The Labute approximate surface area is 106 Å². The lowest BCUT2D eigenvalue weighted by Gasteiger charge is -2.08. The summed E-state index contributed by atoms with van der Waals surface area (Å²) < 4.78 is 10.3. The SMILES string of the molecule is COc1cccc(-c2ccc(CO)c(OC)n2)c1. The molecule has 0 saturated carbocycles. The van der Waals surface area contributed by atoms with Crippen LogP contribution in [0.25, 0.3) is 11.3 Å². The van der Waals surface area contributed by atoms with Crippen molar-refractivity contribution in [3.05, 3.63) is 42.0 Å². The van der Waals surface area contributed by atoms with Gasteiger partial charge in [-0.05, 0) is 24.3 Å². The molecule has 4 nitrogen and oxygen atoms in total. The number of benzene rings is 1. The predicted octanol–water partition coefficient (Wildman–Crippen LogP) is 2.26. The first kappa shape index (κ1) is 12.4. The van der Waals surface area contributed by atoms with Crippen molar-refractivity contribution in [2.75, 3.05) is 14.2 Å². The molecule has 0 spiro atoms. The molecule has 1 aromatic heterocycles. The molecule has 0 fully saturated rings. The quantitative estimate of drug-likeness (QED) is 0.897. The molecule has 2 aromatic rings. The standard InChI is InChI=1S/C14H15NO3/c1-17-12-5-3-4-10(8-12)13-7-6-11(9-16)14(15-13)18-2/h3-8,16H,9H2,1-2H3. The highest BCUT2D eigenvalue weighted by Gasteiger charge is 2.07. The van der Waals surface area contributed by atoms with Crippen LogP contribution in [-0.2, 0) is 6.61 Å². The first-order chi connectivity index (χ1) is 8.78. The summed E-state index contributed by atoms with van der Waals surface area (Å²) in [6.07, 6.45) is 0. The highest BCUT2D eigenvalue weighted by molar-refractivity contribution is 5.62. The molecule has 0 aliphatic carbocycles. The van der Waals surface area contributed by atoms with E-state index < -0.39 is 0 Å². The third-order valence-corrected chi connectivity index (χ3v) is 2.67. The maximum absolute atomic E-state index is 9.15. The fraction of sp³-hybridized carbons (Fsp3) is 0.214. The monoisotopic (exact) mass is 245 g/mol. The van der Waals surface area contributed by atoms with E-state index in [0.717, 1.165) is 17.0 Å². The number of rotatable bonds is 4. The maximum Gasteiger partial charge on any atom is 0.219 e. The van der Waals surface area contributed by atoms with Crippen LogP contribution in [0.15, 0.2) is 36.4 Å². The average Bonchev–Trinajstić information content (AvgIpc) is 2.46. The molecule has 0 bridgehead atoms. The fourth-order valence-corrected chi connectivity index (χ4v) is 1.71. The van der Waals surface area contributed by atoms with Crippen molar-refractivity contribution in [3.8, 4) is 22.9 Å². The maximum atomic E-state index is 9.15. The summed E-state index contributed by atoms with van der Waals surface area (Å²) in [7, 11) is 3.17. The van der Waals surface area contributed by atoms with Gasteiger partial charge in [-0.2, -0.15) is 0 Å². The number of aliphatic hydroxyl groups excluding tert-OH is 1. The summed E-state index contributed by atoms with van der Waals surface area (Å²) in [5.41, 5.74) is 2.39. The van der Waals surface area contributed by atoms with Crippen molar-refractivity contribution in [3.63, 3.8) is 0 Å². The minimum Gasteiger partial charge on any atom is -0.497 e. The van der Waals surface area contributed by atoms with Crippen LogP contribution >= 0.6 is 0 Å². The van der Waals surface area contributed by atoms with Crippen molar-refractivity contribution in [2.24, 2.45) is 0 Å². The van der Waals surface area contributed by atoms with E-state index in [2.05, 4.69) is 4.98 Å². The second-order valence-corrected chi connectivity index (χ2v) is 3.75. The van der Waals surface area contributed by atoms with Crippen LogP contribution in [0.5, 0.6) is 11.6 Å². The minimum absolute atomic E-state index is 0.0887. The molecular formula is C14H15NO3. The van der Waals surface area contributed by atoms with Gasteiger partial charge in [0.25, 0.3) is 0 Å². The zero-order chi connectivity index (χ0) is 13.0. The number of nitrogens with zero attached hydrogens (tertiary/aromatic N) is 1. The molecule has 0 saturated heterocycles. The molecule has 0 unspecified atom stereocenters. The first-order valence-corrected chi connectivity index (χ1v) is 5.57. The molecule has 18 heavy (non-hydrogen) atoms. The Balaban J connectivity index is 2.43. The van der Waals surface area contributed by atoms with Gasteiger partial charge in [0.15, 0.2) is 0 Å². The number of hydrogen-bond donors (Lipinski definition) is 1. The third-order valence-electron chi connectivity index (χ3n) is 2.67. The van der Waals surface area contributed by atoms with Crippen LogP contribution in [0.2, 0.25) is 0 Å². The number of aromatic nitrogens is 1. The second-order valence-electron chi connectivity index (χ2n) is 3.75. The smallest absolute Gasteiger partial charge is 0.219 e. The third kappa shape index (κ3) is 2.43. The van der Waals surface area contributed by atoms with Gasteiger partial charge in [0.05, 0.1) is 26.5 Å². The van der Waals surface area contributed by atoms with Crippen LogP contribution < -0.4 is 9.47 Å². The molecule has 1 N–H and O–H groups in total. The average molecular weight is 245 g/mol. The summed E-state index contributed by atoms with van der Waals surface area (Å²) in [4.78, 5) is 4.37. The number of ether oxygens (including phenoxy) is 2. The van der Waals surface area contributed by atoms with E-state index >= 15 is 0 Å². The number of hydrogen-bond acceptors (Lipinski definition) is 4. The molecule has 0 atom stereocenters. The topological polar surface area (TPSA) is 51.6 Å². The van der Waals surface area contributed by atoms with Gasteiger partial charge in [0.2, 0.25) is 5.88 Å². The highest BCUT2D eigenvalue weighted by Crippen LogP contribution is 2.25. The summed E-state index contributed by atoms with van der Waals surface area (Å²) >= 11 is 0. The van der Waals surface area contributed by atoms with Gasteiger partial charge in [-0.3, -0.25) is 0 Å². The van der Waals surface area contributed by atoms with E-state index in [1.165, 1.54) is 7.11 Å². The normalized spacial score (nSPS) is 10.2. The molecule has 0 aliphatic heterocycles. The van der Waals surface area contributed by atoms with Gasteiger partial charge in [0, 0.05) is 11.1 Å². The Morgan fingerprint density at radius 2 is 1.94 bits per heavy atom. The van der Waals surface area contributed by atoms with E-state index in [-0.39, 0.29) is 6.61 Å². The van der Waals surface area contributed by atoms with Gasteiger partial charge in [-0.1, -0.05) is 12.1 Å². The summed E-state index contributed by atoms with van der Waals surface area (Å²) in [5, 5.41) is 9.15. The van der Waals surface area contributed by atoms with Gasteiger partial charge in [0.1, 0.15) is 5.75 Å². The number of aliphatic hydroxyl groups is 1. The lowest BCUT2D eigenvalue weighted by atomic mass is 10.1. The summed E-state index contributed by atoms with van der Waals surface area (Å²) in [6.45, 7) is -0.0887. The predicted molar refractivity (Wildman–Crippen MR) is 68.7 cm³/mol. The second kappa shape index (κ2) is 5.51. The van der Waals surface area contributed by atoms with Crippen molar-refractivity contribution in [1.29, 1.82) is 0 Å². The zero-order valence-electron chi connectivity index (χ0n) is 10.4. The molecule has 0 radical (unpaired) electrons. The van der Waals surface area contributed by atoms with E-state index in [0.29, 0.717) is 11.4 Å². The zero-order valence-corrected chi connectivity index (χ0v) is 10.4. The van der Waals surface area contributed by atoms with E-state index in [1.54, 1.807) is 13.2 Å². The largest absolute Gasteiger partial charge is 0.497 e. The summed E-state index contributed by atoms with van der Waals surface area (Å²) in [6, 6.07) is 11.3. The molecule has 0 aliphatic rings. The molecule has 4 heteroatoms. The Kier molecular flexibility index (Phi) is 3.79. The van der Waals surface area contributed by atoms with Crippen LogP contribution in [0.3, 0.4) is 0 Å². The highest BCUT2D eigenvalue weighted by atomic mass is 16.5. The van der Waals surface area contributed by atoms with E-state index in [9.17, 15) is 0 Å². The minimum atomic E-state index is -0.0887. The van der Waals surface area contributed by atoms with Gasteiger partial charge in [-0.15, -0.1) is 0 Å². The lowest BCUT2D eigenvalue weighted by Crippen LogP contribution is -1.96. The Hall–Kier alpha value is -2.07. The lowest BCUT2D eigenvalue weighted by molar-refractivity contribution is 0.271. The van der Waals surface area contributed by atoms with Crippen molar-refractivity contribution < 1.29 is 14.6 Å². The van der Waals surface area contributed by atoms with Crippen molar-refractivity contribution in [1.82, 2.24) is 4.98 Å². The van der Waals surface area contributed by atoms with Crippen LogP contribution in [-0.4, -0.2) is 24.3 Å². The van der Waals surface area contributed by atoms with E-state index in [4.69, 9.17) is 14.6 Å². The molecular weight excluding hydrogens is 230 g/mol. The molecule has 94 valence electrons. The Morgan fingerprint density at radius 1 is 1.11 bits per heavy atom. The molecule has 1 aromatic carbocycles. The van der Waals surface area contributed by atoms with Crippen LogP contribution in [0.1, 0.15) is 5.56 Å². The van der Waals surface area contributed by atoms with Gasteiger partial charge in [-0.25, -0.2) is 4.98 Å². The first-order valence-electron chi connectivity index (χ1n) is 5.57. The Bertz CT molecular complexity index is 540. The van der Waals surface area contributed by atoms with E-state index in [1.807, 2.05) is 30.3 Å². The summed E-state index contributed by atoms with van der Waals surface area (Å²) in [5.74, 6) is 1.22. The van der Waals surface area contributed by atoms with Crippen LogP contribution in [0.4, 0.5) is 0 Å². The molecule has 0 amide bonds. The number of methoxy groups -OCH3 is 2. The molecule has 2 rings (SSSR count). The number of pyridine rings is 1. The van der Waals surface area contributed by atoms with Gasteiger partial charge >= 0.3 is 0 Å². The Morgan fingerprint density at radius 3 is 2.61 bits per heavy atom. The van der Waals surface area contributed by atoms with Crippen molar-refractivity contribution in [2.45, 2.75) is 6.61 Å². The molecule has 1 heterocycles.